The predicted molar refractivity (Wildman–Crippen MR) is 49.9 cm³/mol. The highest BCUT2D eigenvalue weighted by atomic mass is 16.5. The predicted octanol–water partition coefficient (Wildman–Crippen LogP) is -1.05. The summed E-state index contributed by atoms with van der Waals surface area (Å²) in [7, 11) is 1.22. The van der Waals surface area contributed by atoms with Crippen molar-refractivity contribution in [3.05, 3.63) is 18.5 Å². The Morgan fingerprint density at radius 2 is 2.12 bits per heavy atom. The molecular formula is C8H10N4O4. The highest BCUT2D eigenvalue weighted by molar-refractivity contribution is 5.91. The monoisotopic (exact) mass is 226 g/mol. The largest absolute Gasteiger partial charge is 0.466 e. The molecule has 1 aromatic rings. The van der Waals surface area contributed by atoms with Gasteiger partial charge in [0.25, 0.3) is 0 Å². The third kappa shape index (κ3) is 4.31. The Kier molecular flexibility index (Phi) is 4.64. The van der Waals surface area contributed by atoms with Gasteiger partial charge in [-0.25, -0.2) is 14.3 Å². The van der Waals surface area contributed by atoms with Crippen molar-refractivity contribution in [2.24, 2.45) is 0 Å². The molecular weight excluding hydrogens is 216 g/mol. The van der Waals surface area contributed by atoms with Gasteiger partial charge < -0.3 is 9.47 Å². The molecule has 0 unspecified atom stereocenters. The summed E-state index contributed by atoms with van der Waals surface area (Å²) in [6, 6.07) is 0. The van der Waals surface area contributed by atoms with Crippen molar-refractivity contribution < 1.29 is 19.1 Å². The first-order valence-electron chi connectivity index (χ1n) is 4.36. The number of methoxy groups -OCH3 is 1. The Hall–Kier alpha value is -2.25. The molecule has 0 saturated heterocycles. The zero-order valence-corrected chi connectivity index (χ0v) is 8.57. The van der Waals surface area contributed by atoms with Crippen LogP contribution in [-0.4, -0.2) is 45.9 Å². The number of hydrogen-bond acceptors (Lipinski definition) is 7. The fourth-order valence-corrected chi connectivity index (χ4v) is 0.775. The van der Waals surface area contributed by atoms with Crippen molar-refractivity contribution in [2.45, 2.75) is 6.54 Å². The van der Waals surface area contributed by atoms with Crippen LogP contribution >= 0.6 is 0 Å². The van der Waals surface area contributed by atoms with Gasteiger partial charge in [0.05, 0.1) is 13.7 Å². The minimum absolute atomic E-state index is 0.120. The van der Waals surface area contributed by atoms with E-state index in [0.29, 0.717) is 6.54 Å². The number of tetrazole rings is 1. The number of nitrogens with zero attached hydrogens (tertiary/aromatic N) is 4. The van der Waals surface area contributed by atoms with Crippen molar-refractivity contribution in [1.29, 1.82) is 0 Å². The van der Waals surface area contributed by atoms with Crippen molar-refractivity contribution in [3.63, 3.8) is 0 Å². The summed E-state index contributed by atoms with van der Waals surface area (Å²) >= 11 is 0. The van der Waals surface area contributed by atoms with Crippen molar-refractivity contribution in [2.75, 3.05) is 13.7 Å². The van der Waals surface area contributed by atoms with Gasteiger partial charge in [0, 0.05) is 12.2 Å². The molecule has 1 aromatic heterocycles. The molecule has 0 radical (unpaired) electrons. The van der Waals surface area contributed by atoms with Crippen molar-refractivity contribution in [3.8, 4) is 0 Å². The van der Waals surface area contributed by atoms with E-state index in [4.69, 9.17) is 4.74 Å². The quantitative estimate of drug-likeness (QED) is 0.466. The molecule has 0 aliphatic heterocycles. The lowest BCUT2D eigenvalue weighted by atomic mass is 10.5. The van der Waals surface area contributed by atoms with Crippen LogP contribution < -0.4 is 0 Å². The van der Waals surface area contributed by atoms with Crippen LogP contribution in [-0.2, 0) is 25.6 Å². The topological polar surface area (TPSA) is 96.2 Å². The fraction of sp³-hybridized carbons (Fsp3) is 0.375. The van der Waals surface area contributed by atoms with E-state index in [9.17, 15) is 9.59 Å². The second-order valence-electron chi connectivity index (χ2n) is 2.60. The molecule has 0 N–H and O–H groups in total. The van der Waals surface area contributed by atoms with E-state index in [1.54, 1.807) is 0 Å². The molecule has 1 heterocycles. The number of carbonyl (C=O) groups excluding carboxylic acids is 2. The average Bonchev–Trinajstić information content (AvgIpc) is 2.79. The van der Waals surface area contributed by atoms with Crippen LogP contribution in [0.4, 0.5) is 0 Å². The molecule has 0 bridgehead atoms. The Balaban J connectivity index is 2.20. The molecule has 0 fully saturated rings. The summed E-state index contributed by atoms with van der Waals surface area (Å²) in [6.07, 6.45) is 3.38. The van der Waals surface area contributed by atoms with E-state index in [2.05, 4.69) is 20.3 Å². The van der Waals surface area contributed by atoms with E-state index < -0.39 is 11.9 Å². The van der Waals surface area contributed by atoms with Crippen LogP contribution in [0.25, 0.3) is 0 Å². The number of ether oxygens (including phenoxy) is 2. The zero-order chi connectivity index (χ0) is 11.8. The van der Waals surface area contributed by atoms with Crippen LogP contribution in [0, 0.1) is 0 Å². The van der Waals surface area contributed by atoms with Gasteiger partial charge in [0.1, 0.15) is 12.9 Å². The van der Waals surface area contributed by atoms with E-state index in [1.165, 1.54) is 18.1 Å². The Morgan fingerprint density at radius 1 is 1.38 bits per heavy atom. The Morgan fingerprint density at radius 3 is 2.75 bits per heavy atom. The van der Waals surface area contributed by atoms with E-state index in [1.807, 2.05) is 0 Å². The lowest BCUT2D eigenvalue weighted by Crippen LogP contribution is -2.10. The minimum Gasteiger partial charge on any atom is -0.466 e. The highest BCUT2D eigenvalue weighted by Crippen LogP contribution is 1.86. The number of hydrogen-bond donors (Lipinski definition) is 0. The van der Waals surface area contributed by atoms with Crippen LogP contribution in [0.5, 0.6) is 0 Å². The second kappa shape index (κ2) is 6.27. The Bertz CT molecular complexity index is 373. The van der Waals surface area contributed by atoms with Gasteiger partial charge in [-0.05, 0) is 10.4 Å². The maximum absolute atomic E-state index is 11.0. The molecule has 8 heteroatoms. The molecule has 0 atom stereocenters. The summed E-state index contributed by atoms with van der Waals surface area (Å²) < 4.78 is 10.5. The van der Waals surface area contributed by atoms with E-state index in [0.717, 1.165) is 12.2 Å². The van der Waals surface area contributed by atoms with Gasteiger partial charge in [-0.1, -0.05) is 0 Å². The first-order chi connectivity index (χ1) is 7.72. The number of esters is 2. The Labute approximate surface area is 90.8 Å². The van der Waals surface area contributed by atoms with Crippen molar-refractivity contribution in [1.82, 2.24) is 20.2 Å². The molecule has 1 rings (SSSR count). The molecule has 16 heavy (non-hydrogen) atoms. The number of rotatable bonds is 5. The lowest BCUT2D eigenvalue weighted by molar-refractivity contribution is -0.139. The zero-order valence-electron chi connectivity index (χ0n) is 8.57. The molecule has 0 aliphatic carbocycles. The molecule has 0 aromatic carbocycles. The van der Waals surface area contributed by atoms with Crippen molar-refractivity contribution >= 4 is 11.9 Å². The van der Waals surface area contributed by atoms with E-state index >= 15 is 0 Å². The third-order valence-electron chi connectivity index (χ3n) is 1.51. The normalized spacial score (nSPS) is 10.3. The second-order valence-corrected chi connectivity index (χ2v) is 2.60. The summed E-state index contributed by atoms with van der Waals surface area (Å²) in [4.78, 5) is 21.6. The molecule has 8 nitrogen and oxygen atoms in total. The van der Waals surface area contributed by atoms with Gasteiger partial charge >= 0.3 is 11.9 Å². The van der Waals surface area contributed by atoms with Crippen LogP contribution in [0.3, 0.4) is 0 Å². The standard InChI is InChI=1S/C8H10N4O4/c1-15-7(13)2-3-8(14)16-5-4-12-6-9-10-11-12/h2-3,6H,4-5H2,1H3. The summed E-state index contributed by atoms with van der Waals surface area (Å²) in [5, 5.41) is 10.4. The van der Waals surface area contributed by atoms with Gasteiger partial charge in [0.2, 0.25) is 0 Å². The summed E-state index contributed by atoms with van der Waals surface area (Å²) in [5.74, 6) is -1.24. The molecule has 0 saturated carbocycles. The van der Waals surface area contributed by atoms with Crippen LogP contribution in [0.1, 0.15) is 0 Å². The number of aromatic nitrogens is 4. The van der Waals surface area contributed by atoms with Gasteiger partial charge in [-0.3, -0.25) is 0 Å². The maximum Gasteiger partial charge on any atom is 0.331 e. The fourth-order valence-electron chi connectivity index (χ4n) is 0.775. The number of carbonyl (C=O) groups is 2. The first-order valence-corrected chi connectivity index (χ1v) is 4.36. The lowest BCUT2D eigenvalue weighted by Gasteiger charge is -2.00. The molecule has 0 aliphatic rings. The molecule has 0 amide bonds. The van der Waals surface area contributed by atoms with E-state index in [-0.39, 0.29) is 6.61 Å². The maximum atomic E-state index is 11.0. The molecule has 0 spiro atoms. The third-order valence-corrected chi connectivity index (χ3v) is 1.51. The van der Waals surface area contributed by atoms with Gasteiger partial charge in [-0.15, -0.1) is 5.10 Å². The van der Waals surface area contributed by atoms with Gasteiger partial charge in [0.15, 0.2) is 0 Å². The summed E-state index contributed by atoms with van der Waals surface area (Å²) in [5.41, 5.74) is 0. The molecule has 86 valence electrons. The smallest absolute Gasteiger partial charge is 0.331 e. The average molecular weight is 226 g/mol. The van der Waals surface area contributed by atoms with Crippen LogP contribution in [0.15, 0.2) is 18.5 Å². The first kappa shape index (κ1) is 11.8. The highest BCUT2D eigenvalue weighted by Gasteiger charge is 2.00. The summed E-state index contributed by atoms with van der Waals surface area (Å²) in [6.45, 7) is 0.472. The SMILES string of the molecule is COC(=O)C=CC(=O)OCCn1cnnn1. The van der Waals surface area contributed by atoms with Crippen LogP contribution in [0.2, 0.25) is 0 Å². The minimum atomic E-state index is -0.626. The van der Waals surface area contributed by atoms with Gasteiger partial charge in [-0.2, -0.15) is 0 Å².